The Morgan fingerprint density at radius 2 is 2.06 bits per heavy atom. The second-order valence-electron chi connectivity index (χ2n) is 5.37. The lowest BCUT2D eigenvalue weighted by molar-refractivity contribution is 0.152. The zero-order valence-corrected chi connectivity index (χ0v) is 11.6. The molecule has 0 fully saturated rings. The average molecular weight is 227 g/mol. The van der Waals surface area contributed by atoms with E-state index in [-0.39, 0.29) is 12.1 Å². The topological polar surface area (TPSA) is 32.3 Å². The Hall–Kier alpha value is -0.340. The average Bonchev–Trinajstić information content (AvgIpc) is 2.17. The number of rotatable bonds is 8. The van der Waals surface area contributed by atoms with Crippen molar-refractivity contribution >= 4 is 0 Å². The van der Waals surface area contributed by atoms with Crippen molar-refractivity contribution < 1.29 is 5.11 Å². The second-order valence-corrected chi connectivity index (χ2v) is 5.37. The Bertz CT molecular complexity index is 209. The highest BCUT2D eigenvalue weighted by atomic mass is 16.3. The number of hydrogen-bond donors (Lipinski definition) is 2. The smallest absolute Gasteiger partial charge is 0.0610 e. The molecule has 16 heavy (non-hydrogen) atoms. The summed E-state index contributed by atoms with van der Waals surface area (Å²) in [5.74, 6) is 0. The largest absolute Gasteiger partial charge is 0.394 e. The second kappa shape index (κ2) is 7.86. The lowest BCUT2D eigenvalue weighted by Crippen LogP contribution is -2.49. The molecule has 0 saturated carbocycles. The van der Waals surface area contributed by atoms with Gasteiger partial charge in [-0.3, -0.25) is 0 Å². The minimum Gasteiger partial charge on any atom is -0.394 e. The van der Waals surface area contributed by atoms with Crippen LogP contribution in [0.15, 0.2) is 11.6 Å². The Kier molecular flexibility index (Phi) is 7.69. The summed E-state index contributed by atoms with van der Waals surface area (Å²) in [4.78, 5) is 0. The van der Waals surface area contributed by atoms with E-state index in [1.54, 1.807) is 0 Å². The van der Waals surface area contributed by atoms with Crippen molar-refractivity contribution in [2.45, 2.75) is 71.9 Å². The number of hydrogen-bond acceptors (Lipinski definition) is 2. The summed E-state index contributed by atoms with van der Waals surface area (Å²) in [5, 5.41) is 12.9. The van der Waals surface area contributed by atoms with Gasteiger partial charge in [-0.1, -0.05) is 25.0 Å². The fourth-order valence-corrected chi connectivity index (χ4v) is 2.04. The van der Waals surface area contributed by atoms with Gasteiger partial charge in [0.25, 0.3) is 0 Å². The van der Waals surface area contributed by atoms with E-state index in [4.69, 9.17) is 0 Å². The summed E-state index contributed by atoms with van der Waals surface area (Å²) in [7, 11) is 0. The third-order valence-corrected chi connectivity index (χ3v) is 2.90. The number of nitrogens with one attached hydrogen (secondary N) is 1. The highest BCUT2D eigenvalue weighted by Crippen LogP contribution is 2.14. The first-order valence-corrected chi connectivity index (χ1v) is 6.45. The Labute approximate surface area is 101 Å². The van der Waals surface area contributed by atoms with Gasteiger partial charge in [-0.15, -0.1) is 0 Å². The molecule has 0 aliphatic heterocycles. The number of aliphatic hydroxyl groups excluding tert-OH is 1. The fraction of sp³-hybridized carbons (Fsp3) is 0.857. The van der Waals surface area contributed by atoms with Crippen LogP contribution in [0, 0.1) is 0 Å². The molecule has 96 valence electrons. The van der Waals surface area contributed by atoms with Crippen molar-refractivity contribution in [1.82, 2.24) is 5.32 Å². The molecule has 2 atom stereocenters. The van der Waals surface area contributed by atoms with Crippen molar-refractivity contribution in [3.05, 3.63) is 11.6 Å². The zero-order chi connectivity index (χ0) is 12.6. The first kappa shape index (κ1) is 15.7. The minimum absolute atomic E-state index is 0.112. The zero-order valence-electron chi connectivity index (χ0n) is 11.6. The molecule has 0 aliphatic rings. The van der Waals surface area contributed by atoms with Crippen molar-refractivity contribution in [1.29, 1.82) is 0 Å². The third kappa shape index (κ3) is 7.02. The van der Waals surface area contributed by atoms with Crippen LogP contribution >= 0.6 is 0 Å². The van der Waals surface area contributed by atoms with Crippen LogP contribution in [0.2, 0.25) is 0 Å². The molecule has 0 bridgehead atoms. The van der Waals surface area contributed by atoms with Crippen molar-refractivity contribution in [3.8, 4) is 0 Å². The maximum absolute atomic E-state index is 9.40. The third-order valence-electron chi connectivity index (χ3n) is 2.90. The summed E-state index contributed by atoms with van der Waals surface area (Å²) in [6.07, 6.45) is 6.64. The molecule has 0 spiro atoms. The van der Waals surface area contributed by atoms with E-state index in [0.717, 1.165) is 25.7 Å². The van der Waals surface area contributed by atoms with Crippen LogP contribution in [-0.2, 0) is 0 Å². The van der Waals surface area contributed by atoms with Crippen LogP contribution in [0.5, 0.6) is 0 Å². The first-order chi connectivity index (χ1) is 7.43. The van der Waals surface area contributed by atoms with E-state index in [1.165, 1.54) is 5.57 Å². The van der Waals surface area contributed by atoms with E-state index >= 15 is 0 Å². The molecular formula is C14H29NO. The summed E-state index contributed by atoms with van der Waals surface area (Å²) in [6, 6.07) is 0.458. The molecule has 0 rings (SSSR count). The van der Waals surface area contributed by atoms with E-state index in [1.807, 2.05) is 0 Å². The highest BCUT2D eigenvalue weighted by molar-refractivity contribution is 4.93. The maximum atomic E-state index is 9.40. The summed E-state index contributed by atoms with van der Waals surface area (Å²) >= 11 is 0. The van der Waals surface area contributed by atoms with Crippen LogP contribution in [-0.4, -0.2) is 23.3 Å². The quantitative estimate of drug-likeness (QED) is 0.624. The van der Waals surface area contributed by atoms with E-state index in [2.05, 4.69) is 46.0 Å². The molecule has 2 nitrogen and oxygen atoms in total. The maximum Gasteiger partial charge on any atom is 0.0610 e. The van der Waals surface area contributed by atoms with Crippen molar-refractivity contribution in [2.24, 2.45) is 0 Å². The molecule has 2 unspecified atom stereocenters. The van der Waals surface area contributed by atoms with Gasteiger partial charge in [0.1, 0.15) is 0 Å². The Balaban J connectivity index is 4.00. The molecule has 2 heteroatoms. The molecule has 0 radical (unpaired) electrons. The lowest BCUT2D eigenvalue weighted by atomic mass is 9.95. The van der Waals surface area contributed by atoms with Gasteiger partial charge in [0.05, 0.1) is 6.61 Å². The molecule has 0 aliphatic carbocycles. The van der Waals surface area contributed by atoms with Crippen molar-refractivity contribution in [3.63, 3.8) is 0 Å². The summed E-state index contributed by atoms with van der Waals surface area (Å²) in [6.45, 7) is 10.9. The van der Waals surface area contributed by atoms with Gasteiger partial charge in [0.2, 0.25) is 0 Å². The molecule has 0 aromatic carbocycles. The summed E-state index contributed by atoms with van der Waals surface area (Å²) < 4.78 is 0. The summed E-state index contributed by atoms with van der Waals surface area (Å²) in [5.41, 5.74) is 1.27. The van der Waals surface area contributed by atoms with Gasteiger partial charge in [-0.25, -0.2) is 0 Å². The van der Waals surface area contributed by atoms with Crippen LogP contribution in [0.25, 0.3) is 0 Å². The van der Waals surface area contributed by atoms with Crippen LogP contribution < -0.4 is 5.32 Å². The van der Waals surface area contributed by atoms with Gasteiger partial charge in [0.15, 0.2) is 0 Å². The van der Waals surface area contributed by atoms with E-state index in [9.17, 15) is 5.11 Å². The minimum atomic E-state index is -0.112. The van der Waals surface area contributed by atoms with Crippen LogP contribution in [0.4, 0.5) is 0 Å². The van der Waals surface area contributed by atoms with Crippen LogP contribution in [0.3, 0.4) is 0 Å². The normalized spacial score (nSPS) is 16.6. The predicted octanol–water partition coefficient (Wildman–Crippen LogP) is 3.26. The predicted molar refractivity (Wildman–Crippen MR) is 71.7 cm³/mol. The van der Waals surface area contributed by atoms with Crippen LogP contribution in [0.1, 0.15) is 60.3 Å². The van der Waals surface area contributed by atoms with Crippen molar-refractivity contribution in [2.75, 3.05) is 6.61 Å². The van der Waals surface area contributed by atoms with Gasteiger partial charge in [-0.05, 0) is 47.0 Å². The van der Waals surface area contributed by atoms with E-state index in [0.29, 0.717) is 6.04 Å². The lowest BCUT2D eigenvalue weighted by Gasteiger charge is -2.32. The molecule has 0 heterocycles. The van der Waals surface area contributed by atoms with Gasteiger partial charge in [-0.2, -0.15) is 0 Å². The number of aliphatic hydroxyl groups is 1. The Morgan fingerprint density at radius 1 is 1.44 bits per heavy atom. The highest BCUT2D eigenvalue weighted by Gasteiger charge is 2.23. The molecule has 2 N–H and O–H groups in total. The van der Waals surface area contributed by atoms with E-state index < -0.39 is 0 Å². The molecular weight excluding hydrogens is 198 g/mol. The number of allylic oxidation sites excluding steroid dienone is 2. The first-order valence-electron chi connectivity index (χ1n) is 6.45. The van der Waals surface area contributed by atoms with Gasteiger partial charge >= 0.3 is 0 Å². The molecule has 0 aromatic heterocycles. The Morgan fingerprint density at radius 3 is 2.50 bits per heavy atom. The van der Waals surface area contributed by atoms with Gasteiger partial charge in [0, 0.05) is 11.6 Å². The monoisotopic (exact) mass is 227 g/mol. The standard InChI is InChI=1S/C14H29NO/c1-6-10-14(5,11-16)15-13(4)9-7-8-12(2)3/h8,13,15-16H,6-7,9-11H2,1-5H3. The molecule has 0 amide bonds. The van der Waals surface area contributed by atoms with Gasteiger partial charge < -0.3 is 10.4 Å². The fourth-order valence-electron chi connectivity index (χ4n) is 2.04. The molecule has 0 aromatic rings. The molecule has 0 saturated heterocycles. The SMILES string of the molecule is CCCC(C)(CO)NC(C)CCC=C(C)C.